The molecule has 1 unspecified atom stereocenters. The molecule has 1 aromatic carbocycles. The van der Waals surface area contributed by atoms with Crippen molar-refractivity contribution in [1.82, 2.24) is 9.78 Å². The highest BCUT2D eigenvalue weighted by molar-refractivity contribution is 14.1. The predicted octanol–water partition coefficient (Wildman–Crippen LogP) is 5.86. The quantitative estimate of drug-likeness (QED) is 0.411. The van der Waals surface area contributed by atoms with E-state index in [1.165, 1.54) is 6.07 Å². The maximum atomic E-state index is 15.0. The summed E-state index contributed by atoms with van der Waals surface area (Å²) in [5.41, 5.74) is 0.513. The Hall–Kier alpha value is -0.673. The molecule has 25 heavy (non-hydrogen) atoms. The zero-order chi connectivity index (χ0) is 18.4. The zero-order valence-corrected chi connectivity index (χ0v) is 18.7. The minimum atomic E-state index is -2.02. The van der Waals surface area contributed by atoms with Crippen molar-refractivity contribution < 1.29 is 13.6 Å². The van der Waals surface area contributed by atoms with Crippen molar-refractivity contribution in [2.24, 2.45) is 0 Å². The van der Waals surface area contributed by atoms with Crippen molar-refractivity contribution in [1.29, 1.82) is 0 Å². The Morgan fingerprint density at radius 1 is 1.32 bits per heavy atom. The van der Waals surface area contributed by atoms with Crippen molar-refractivity contribution in [3.8, 4) is 5.75 Å². The van der Waals surface area contributed by atoms with Gasteiger partial charge >= 0.3 is 0 Å². The number of nitrogens with zero attached hydrogens (tertiary/aromatic N) is 2. The fourth-order valence-electron chi connectivity index (χ4n) is 2.79. The fourth-order valence-corrected chi connectivity index (χ4v) is 4.45. The number of hydrogen-bond acceptors (Lipinski definition) is 3. The van der Waals surface area contributed by atoms with Gasteiger partial charge in [0.05, 0.1) is 0 Å². The van der Waals surface area contributed by atoms with E-state index in [9.17, 15) is 4.39 Å². The molecule has 1 fully saturated rings. The van der Waals surface area contributed by atoms with Crippen molar-refractivity contribution in [3.63, 3.8) is 0 Å². The lowest BCUT2D eigenvalue weighted by Gasteiger charge is -2.36. The summed E-state index contributed by atoms with van der Waals surface area (Å²) >= 11 is 2.16. The summed E-state index contributed by atoms with van der Waals surface area (Å²) in [4.78, 5) is 0. The molecule has 7 heteroatoms. The number of rotatable bonds is 3. The minimum Gasteiger partial charge on any atom is -0.543 e. The number of fused-ring (bicyclic) bond motifs is 1. The summed E-state index contributed by atoms with van der Waals surface area (Å²) in [7, 11) is -2.02. The van der Waals surface area contributed by atoms with E-state index in [1.807, 2.05) is 6.07 Å². The van der Waals surface area contributed by atoms with Crippen LogP contribution < -0.4 is 4.43 Å². The van der Waals surface area contributed by atoms with E-state index in [4.69, 9.17) is 9.16 Å². The molecule has 1 atom stereocenters. The van der Waals surface area contributed by atoms with Crippen molar-refractivity contribution in [2.45, 2.75) is 64.4 Å². The zero-order valence-electron chi connectivity index (χ0n) is 15.5. The van der Waals surface area contributed by atoms with Crippen LogP contribution in [0.5, 0.6) is 5.75 Å². The molecule has 1 aliphatic heterocycles. The standard InChI is InChI=1S/C18H26FIN2O2Si/c1-18(2,3)25(4,5)24-12-10-13-16(14(19)11-12)22(21-17(13)20)15-8-6-7-9-23-15/h10-11,15H,6-9H2,1-5H3. The Kier molecular flexibility index (Phi) is 5.20. The van der Waals surface area contributed by atoms with Gasteiger partial charge in [0.2, 0.25) is 8.32 Å². The van der Waals surface area contributed by atoms with E-state index in [1.54, 1.807) is 4.68 Å². The van der Waals surface area contributed by atoms with Crippen LogP contribution in [0.4, 0.5) is 4.39 Å². The number of halogens is 2. The molecule has 1 aliphatic rings. The molecule has 138 valence electrons. The molecule has 2 aromatic rings. The highest BCUT2D eigenvalue weighted by Crippen LogP contribution is 2.39. The molecule has 0 amide bonds. The van der Waals surface area contributed by atoms with Crippen LogP contribution in [-0.4, -0.2) is 24.7 Å². The molecule has 0 N–H and O–H groups in total. The Morgan fingerprint density at radius 3 is 2.64 bits per heavy atom. The third-order valence-corrected chi connectivity index (χ3v) is 10.4. The molecule has 0 spiro atoms. The van der Waals surface area contributed by atoms with Gasteiger partial charge in [0, 0.05) is 18.1 Å². The highest BCUT2D eigenvalue weighted by atomic mass is 127. The molecule has 0 radical (unpaired) electrons. The van der Waals surface area contributed by atoms with Gasteiger partial charge in [-0.3, -0.25) is 0 Å². The summed E-state index contributed by atoms with van der Waals surface area (Å²) in [5, 5.41) is 5.41. The first-order chi connectivity index (χ1) is 11.6. The second-order valence-corrected chi connectivity index (χ2v) is 14.0. The molecule has 0 aliphatic carbocycles. The van der Waals surface area contributed by atoms with Gasteiger partial charge in [0.15, 0.2) is 12.0 Å². The lowest BCUT2D eigenvalue weighted by atomic mass is 10.2. The average Bonchev–Trinajstić information content (AvgIpc) is 2.84. The number of benzene rings is 1. The molecular formula is C18H26FIN2O2Si. The van der Waals surface area contributed by atoms with E-state index in [0.717, 1.165) is 28.3 Å². The van der Waals surface area contributed by atoms with Gasteiger partial charge in [0.25, 0.3) is 0 Å². The van der Waals surface area contributed by atoms with Crippen LogP contribution in [0.1, 0.15) is 46.3 Å². The van der Waals surface area contributed by atoms with E-state index in [-0.39, 0.29) is 17.1 Å². The average molecular weight is 476 g/mol. The van der Waals surface area contributed by atoms with Gasteiger partial charge in [-0.25, -0.2) is 9.07 Å². The van der Waals surface area contributed by atoms with Crippen molar-refractivity contribution >= 4 is 41.8 Å². The molecule has 4 nitrogen and oxygen atoms in total. The van der Waals surface area contributed by atoms with E-state index < -0.39 is 8.32 Å². The Morgan fingerprint density at radius 2 is 2.04 bits per heavy atom. The van der Waals surface area contributed by atoms with Crippen LogP contribution in [0, 0.1) is 9.52 Å². The molecular weight excluding hydrogens is 450 g/mol. The second-order valence-electron chi connectivity index (χ2n) is 8.22. The maximum Gasteiger partial charge on any atom is 0.250 e. The Bertz CT molecular complexity index is 779. The molecule has 0 bridgehead atoms. The van der Waals surface area contributed by atoms with Crippen LogP contribution in [0.3, 0.4) is 0 Å². The summed E-state index contributed by atoms with van der Waals surface area (Å²) in [5.74, 6) is 0.300. The Balaban J connectivity index is 2.02. The molecule has 2 heterocycles. The maximum absolute atomic E-state index is 15.0. The summed E-state index contributed by atoms with van der Waals surface area (Å²) < 4.78 is 29.5. The summed E-state index contributed by atoms with van der Waals surface area (Å²) in [6, 6.07) is 3.42. The molecule has 0 saturated carbocycles. The molecule has 1 saturated heterocycles. The van der Waals surface area contributed by atoms with Gasteiger partial charge in [0.1, 0.15) is 15.0 Å². The third kappa shape index (κ3) is 3.73. The van der Waals surface area contributed by atoms with Gasteiger partial charge in [-0.15, -0.1) is 0 Å². The van der Waals surface area contributed by atoms with Gasteiger partial charge in [-0.05, 0) is 66.1 Å². The monoisotopic (exact) mass is 476 g/mol. The lowest BCUT2D eigenvalue weighted by Crippen LogP contribution is -2.43. The SMILES string of the molecule is CC(C)(C)[Si](C)(C)Oc1cc(F)c2c(c1)c(I)nn2C1CCCCO1. The van der Waals surface area contributed by atoms with Crippen molar-refractivity contribution in [3.05, 3.63) is 21.7 Å². The van der Waals surface area contributed by atoms with E-state index in [0.29, 0.717) is 17.9 Å². The van der Waals surface area contributed by atoms with Crippen LogP contribution in [0.25, 0.3) is 10.9 Å². The second kappa shape index (κ2) is 6.81. The van der Waals surface area contributed by atoms with E-state index in [2.05, 4.69) is 61.6 Å². The first-order valence-electron chi connectivity index (χ1n) is 8.78. The number of hydrogen-bond donors (Lipinski definition) is 0. The first kappa shape index (κ1) is 19.1. The van der Waals surface area contributed by atoms with Gasteiger partial charge in [-0.1, -0.05) is 20.8 Å². The fraction of sp³-hybridized carbons (Fsp3) is 0.611. The summed E-state index contributed by atoms with van der Waals surface area (Å²) in [6.07, 6.45) is 2.83. The topological polar surface area (TPSA) is 36.3 Å². The first-order valence-corrected chi connectivity index (χ1v) is 12.8. The molecule has 3 rings (SSSR count). The van der Waals surface area contributed by atoms with Gasteiger partial charge in [-0.2, -0.15) is 5.10 Å². The van der Waals surface area contributed by atoms with Crippen LogP contribution in [0.15, 0.2) is 12.1 Å². The lowest BCUT2D eigenvalue weighted by molar-refractivity contribution is -0.0371. The number of ether oxygens (including phenoxy) is 1. The minimum absolute atomic E-state index is 0.0612. The van der Waals surface area contributed by atoms with Gasteiger partial charge < -0.3 is 9.16 Å². The predicted molar refractivity (Wildman–Crippen MR) is 109 cm³/mol. The van der Waals surface area contributed by atoms with Crippen LogP contribution in [-0.2, 0) is 4.74 Å². The van der Waals surface area contributed by atoms with Crippen LogP contribution in [0.2, 0.25) is 18.1 Å². The smallest absolute Gasteiger partial charge is 0.250 e. The summed E-state index contributed by atoms with van der Waals surface area (Å²) in [6.45, 7) is 11.6. The van der Waals surface area contributed by atoms with Crippen molar-refractivity contribution in [2.75, 3.05) is 6.61 Å². The van der Waals surface area contributed by atoms with Crippen LogP contribution >= 0.6 is 22.6 Å². The van der Waals surface area contributed by atoms with E-state index >= 15 is 0 Å². The largest absolute Gasteiger partial charge is 0.543 e. The third-order valence-electron chi connectivity index (χ3n) is 5.29. The number of aromatic nitrogens is 2. The highest BCUT2D eigenvalue weighted by Gasteiger charge is 2.39. The Labute approximate surface area is 163 Å². The normalized spacial score (nSPS) is 19.4. The molecule has 1 aromatic heterocycles.